The highest BCUT2D eigenvalue weighted by Gasteiger charge is 2.24. The zero-order valence-corrected chi connectivity index (χ0v) is 8.64. The fraction of sp³-hybridized carbons (Fsp3) is 0.500. The van der Waals surface area contributed by atoms with Crippen molar-refractivity contribution in [2.45, 2.75) is 26.3 Å². The summed E-state index contributed by atoms with van der Waals surface area (Å²) in [4.78, 5) is 8.24. The number of hydrogen-bond acceptors (Lipinski definition) is 4. The molecule has 1 aliphatic carbocycles. The lowest BCUT2D eigenvalue weighted by atomic mass is 10.3. The highest BCUT2D eigenvalue weighted by molar-refractivity contribution is 5.87. The van der Waals surface area contributed by atoms with Crippen LogP contribution in [0, 0.1) is 12.8 Å². The number of rotatable bonds is 2. The molecule has 0 aromatic carbocycles. The lowest BCUT2D eigenvalue weighted by Crippen LogP contribution is -2.03. The molecule has 2 N–H and O–H groups in total. The molecule has 2 aromatic heterocycles. The molecule has 15 heavy (non-hydrogen) atoms. The first kappa shape index (κ1) is 8.64. The number of aryl methyl sites for hydroxylation is 1. The lowest BCUT2D eigenvalue weighted by Gasteiger charge is -2.00. The first-order valence-electron chi connectivity index (χ1n) is 5.19. The third kappa shape index (κ3) is 1.35. The van der Waals surface area contributed by atoms with Crippen molar-refractivity contribution in [1.29, 1.82) is 0 Å². The van der Waals surface area contributed by atoms with E-state index >= 15 is 0 Å². The third-order valence-electron chi connectivity index (χ3n) is 2.86. The summed E-state index contributed by atoms with van der Waals surface area (Å²) in [7, 11) is 0. The lowest BCUT2D eigenvalue weighted by molar-refractivity contribution is 0.572. The largest absolute Gasteiger partial charge is 0.383 e. The number of nitrogens with two attached hydrogens (primary N) is 1. The number of hydrogen-bond donors (Lipinski definition) is 1. The third-order valence-corrected chi connectivity index (χ3v) is 2.86. The van der Waals surface area contributed by atoms with Gasteiger partial charge in [-0.25, -0.2) is 14.6 Å². The summed E-state index contributed by atoms with van der Waals surface area (Å²) in [5.74, 6) is 1.31. The second kappa shape index (κ2) is 2.92. The number of fused-ring (bicyclic) bond motifs is 1. The Hall–Kier alpha value is -1.65. The summed E-state index contributed by atoms with van der Waals surface area (Å²) in [5, 5.41) is 5.37. The van der Waals surface area contributed by atoms with Gasteiger partial charge in [-0.05, 0) is 25.7 Å². The summed E-state index contributed by atoms with van der Waals surface area (Å²) in [6.07, 6.45) is 4.12. The van der Waals surface area contributed by atoms with E-state index in [1.165, 1.54) is 19.2 Å². The molecule has 2 aromatic rings. The predicted molar refractivity (Wildman–Crippen MR) is 57.2 cm³/mol. The molecular weight excluding hydrogens is 190 g/mol. The summed E-state index contributed by atoms with van der Waals surface area (Å²) in [6.45, 7) is 2.91. The van der Waals surface area contributed by atoms with Crippen molar-refractivity contribution in [3.8, 4) is 0 Å². The van der Waals surface area contributed by atoms with E-state index < -0.39 is 0 Å². The molecule has 1 saturated carbocycles. The van der Waals surface area contributed by atoms with Crippen LogP contribution in [-0.4, -0.2) is 19.7 Å². The molecule has 0 saturated heterocycles. The zero-order chi connectivity index (χ0) is 10.4. The van der Waals surface area contributed by atoms with Gasteiger partial charge in [-0.3, -0.25) is 0 Å². The number of nitrogen functional groups attached to an aromatic ring is 1. The minimum atomic E-state index is 0.527. The Bertz CT molecular complexity index is 512. The summed E-state index contributed by atoms with van der Waals surface area (Å²) in [5.41, 5.74) is 7.60. The topological polar surface area (TPSA) is 69.6 Å². The van der Waals surface area contributed by atoms with Gasteiger partial charge >= 0.3 is 0 Å². The van der Waals surface area contributed by atoms with E-state index in [1.807, 2.05) is 11.6 Å². The average Bonchev–Trinajstić information content (AvgIpc) is 2.94. The van der Waals surface area contributed by atoms with Crippen LogP contribution < -0.4 is 5.73 Å². The van der Waals surface area contributed by atoms with Crippen LogP contribution in [0.2, 0.25) is 0 Å². The fourth-order valence-corrected chi connectivity index (χ4v) is 1.88. The van der Waals surface area contributed by atoms with E-state index in [1.54, 1.807) is 0 Å². The van der Waals surface area contributed by atoms with Crippen molar-refractivity contribution in [2.24, 2.45) is 5.92 Å². The van der Waals surface area contributed by atoms with Gasteiger partial charge in [0.05, 0.1) is 11.1 Å². The van der Waals surface area contributed by atoms with Gasteiger partial charge in [-0.2, -0.15) is 5.10 Å². The second-order valence-corrected chi connectivity index (χ2v) is 4.17. The standard InChI is InChI=1S/C10H13N5/c1-6-8-9(11)12-5-13-10(8)15(14-6)4-7-2-3-7/h5,7H,2-4H2,1H3,(H2,11,12,13). The molecule has 5 heteroatoms. The van der Waals surface area contributed by atoms with Crippen LogP contribution in [0.25, 0.3) is 11.0 Å². The maximum Gasteiger partial charge on any atom is 0.163 e. The van der Waals surface area contributed by atoms with Crippen LogP contribution in [0.1, 0.15) is 18.5 Å². The Morgan fingerprint density at radius 1 is 1.47 bits per heavy atom. The van der Waals surface area contributed by atoms with Gasteiger partial charge in [0.1, 0.15) is 12.1 Å². The fourth-order valence-electron chi connectivity index (χ4n) is 1.88. The van der Waals surface area contributed by atoms with Gasteiger partial charge < -0.3 is 5.73 Å². The zero-order valence-electron chi connectivity index (χ0n) is 8.64. The maximum atomic E-state index is 5.81. The molecule has 0 atom stereocenters. The number of aromatic nitrogens is 4. The van der Waals surface area contributed by atoms with Gasteiger partial charge in [0.2, 0.25) is 0 Å². The van der Waals surface area contributed by atoms with Crippen LogP contribution in [0.3, 0.4) is 0 Å². The van der Waals surface area contributed by atoms with Gasteiger partial charge in [0.25, 0.3) is 0 Å². The molecule has 78 valence electrons. The van der Waals surface area contributed by atoms with E-state index in [-0.39, 0.29) is 0 Å². The van der Waals surface area contributed by atoms with Crippen LogP contribution in [-0.2, 0) is 6.54 Å². The molecule has 1 aliphatic rings. The van der Waals surface area contributed by atoms with E-state index in [4.69, 9.17) is 5.73 Å². The van der Waals surface area contributed by atoms with E-state index in [9.17, 15) is 0 Å². The Labute approximate surface area is 87.3 Å². The van der Waals surface area contributed by atoms with Crippen molar-refractivity contribution < 1.29 is 0 Å². The molecule has 2 heterocycles. The van der Waals surface area contributed by atoms with Crippen molar-refractivity contribution >= 4 is 16.9 Å². The van der Waals surface area contributed by atoms with Crippen LogP contribution in [0.5, 0.6) is 0 Å². The van der Waals surface area contributed by atoms with Crippen molar-refractivity contribution in [3.05, 3.63) is 12.0 Å². The molecule has 0 bridgehead atoms. The summed E-state index contributed by atoms with van der Waals surface area (Å²) >= 11 is 0. The Morgan fingerprint density at radius 2 is 2.27 bits per heavy atom. The van der Waals surface area contributed by atoms with E-state index in [0.29, 0.717) is 5.82 Å². The Kier molecular flexibility index (Phi) is 1.68. The Balaban J connectivity index is 2.17. The van der Waals surface area contributed by atoms with Gasteiger partial charge in [0, 0.05) is 6.54 Å². The second-order valence-electron chi connectivity index (χ2n) is 4.17. The van der Waals surface area contributed by atoms with Crippen molar-refractivity contribution in [3.63, 3.8) is 0 Å². The SMILES string of the molecule is Cc1nn(CC2CC2)c2ncnc(N)c12. The number of anilines is 1. The molecule has 0 aliphatic heterocycles. The molecule has 0 radical (unpaired) electrons. The molecule has 0 unspecified atom stereocenters. The minimum absolute atomic E-state index is 0.527. The smallest absolute Gasteiger partial charge is 0.163 e. The van der Waals surface area contributed by atoms with Crippen LogP contribution >= 0.6 is 0 Å². The molecule has 5 nitrogen and oxygen atoms in total. The maximum absolute atomic E-state index is 5.81. The molecule has 3 rings (SSSR count). The highest BCUT2D eigenvalue weighted by atomic mass is 15.3. The normalized spacial score (nSPS) is 16.1. The summed E-state index contributed by atoms with van der Waals surface area (Å²) in [6, 6.07) is 0. The molecule has 1 fully saturated rings. The van der Waals surface area contributed by atoms with Gasteiger partial charge in [-0.1, -0.05) is 0 Å². The molecular formula is C10H13N5. The van der Waals surface area contributed by atoms with Gasteiger partial charge in [0.15, 0.2) is 5.65 Å². The number of nitrogens with zero attached hydrogens (tertiary/aromatic N) is 4. The van der Waals surface area contributed by atoms with Crippen molar-refractivity contribution in [2.75, 3.05) is 5.73 Å². The Morgan fingerprint density at radius 3 is 3.00 bits per heavy atom. The van der Waals surface area contributed by atoms with E-state index in [0.717, 1.165) is 29.2 Å². The average molecular weight is 203 g/mol. The molecule has 0 spiro atoms. The van der Waals surface area contributed by atoms with E-state index in [2.05, 4.69) is 15.1 Å². The quantitative estimate of drug-likeness (QED) is 0.794. The molecule has 0 amide bonds. The van der Waals surface area contributed by atoms with Crippen LogP contribution in [0.15, 0.2) is 6.33 Å². The predicted octanol–water partition coefficient (Wildman–Crippen LogP) is 1.13. The van der Waals surface area contributed by atoms with Crippen molar-refractivity contribution in [1.82, 2.24) is 19.7 Å². The monoisotopic (exact) mass is 203 g/mol. The first-order valence-corrected chi connectivity index (χ1v) is 5.19. The highest BCUT2D eigenvalue weighted by Crippen LogP contribution is 2.32. The summed E-state index contributed by atoms with van der Waals surface area (Å²) < 4.78 is 1.96. The minimum Gasteiger partial charge on any atom is -0.383 e. The first-order chi connectivity index (χ1) is 7.25. The van der Waals surface area contributed by atoms with Gasteiger partial charge in [-0.15, -0.1) is 0 Å². The van der Waals surface area contributed by atoms with Crippen LogP contribution in [0.4, 0.5) is 5.82 Å².